The molecule has 26 heavy (non-hydrogen) atoms. The van der Waals surface area contributed by atoms with Gasteiger partial charge in [-0.2, -0.15) is 0 Å². The molecular weight excluding hydrogens is 334 g/mol. The molecule has 124 valence electrons. The van der Waals surface area contributed by atoms with E-state index in [1.54, 1.807) is 0 Å². The summed E-state index contributed by atoms with van der Waals surface area (Å²) in [6.07, 6.45) is 0. The number of hydrogen-bond donors (Lipinski definition) is 1. The fourth-order valence-electron chi connectivity index (χ4n) is 3.41. The molecule has 1 N–H and O–H groups in total. The minimum absolute atomic E-state index is 1.10. The van der Waals surface area contributed by atoms with Gasteiger partial charge < -0.3 is 5.32 Å². The van der Waals surface area contributed by atoms with Crippen LogP contribution in [-0.4, -0.2) is 0 Å². The maximum absolute atomic E-state index is 3.55. The van der Waals surface area contributed by atoms with Crippen molar-refractivity contribution in [2.75, 3.05) is 5.32 Å². The number of thiophene rings is 1. The van der Waals surface area contributed by atoms with Crippen molar-refractivity contribution in [3.63, 3.8) is 0 Å². The van der Waals surface area contributed by atoms with E-state index >= 15 is 0 Å². The zero-order valence-electron chi connectivity index (χ0n) is 14.1. The standard InChI is InChI=1S/C24H17NS/c1-2-8-18(9-3-1)25-22-12-6-4-10-19(22)17-14-15-21-20-11-5-7-13-23(20)26-24(21)16-17/h1-16,25H. The molecule has 1 nitrogen and oxygen atoms in total. The van der Waals surface area contributed by atoms with Crippen LogP contribution in [-0.2, 0) is 0 Å². The molecule has 0 aliphatic heterocycles. The van der Waals surface area contributed by atoms with Crippen LogP contribution in [0.5, 0.6) is 0 Å². The minimum atomic E-state index is 1.10. The minimum Gasteiger partial charge on any atom is -0.355 e. The third kappa shape index (κ3) is 2.65. The first kappa shape index (κ1) is 15.2. The number of benzene rings is 4. The summed E-state index contributed by atoms with van der Waals surface area (Å²) in [6, 6.07) is 34.2. The average molecular weight is 351 g/mol. The van der Waals surface area contributed by atoms with E-state index in [0.29, 0.717) is 0 Å². The quantitative estimate of drug-likeness (QED) is 0.355. The molecule has 0 saturated carbocycles. The summed E-state index contributed by atoms with van der Waals surface area (Å²) in [4.78, 5) is 0. The molecule has 0 radical (unpaired) electrons. The van der Waals surface area contributed by atoms with Crippen molar-refractivity contribution in [1.29, 1.82) is 0 Å². The van der Waals surface area contributed by atoms with Gasteiger partial charge in [-0.1, -0.05) is 66.7 Å². The molecular formula is C24H17NS. The van der Waals surface area contributed by atoms with Gasteiger partial charge in [-0.25, -0.2) is 0 Å². The highest BCUT2D eigenvalue weighted by Crippen LogP contribution is 2.38. The summed E-state index contributed by atoms with van der Waals surface area (Å²) in [5.41, 5.74) is 4.68. The maximum Gasteiger partial charge on any atom is 0.0463 e. The fourth-order valence-corrected chi connectivity index (χ4v) is 4.56. The van der Waals surface area contributed by atoms with Crippen molar-refractivity contribution in [2.45, 2.75) is 0 Å². The highest BCUT2D eigenvalue weighted by Gasteiger charge is 2.09. The fraction of sp³-hybridized carbons (Fsp3) is 0. The Labute approximate surface area is 156 Å². The lowest BCUT2D eigenvalue weighted by molar-refractivity contribution is 1.54. The molecule has 0 aliphatic rings. The van der Waals surface area contributed by atoms with Gasteiger partial charge >= 0.3 is 0 Å². The van der Waals surface area contributed by atoms with Gasteiger partial charge in [0, 0.05) is 37.1 Å². The van der Waals surface area contributed by atoms with Crippen LogP contribution in [0.1, 0.15) is 0 Å². The van der Waals surface area contributed by atoms with E-state index in [2.05, 4.69) is 84.2 Å². The lowest BCUT2D eigenvalue weighted by Crippen LogP contribution is -1.92. The van der Waals surface area contributed by atoms with Crippen LogP contribution in [0, 0.1) is 0 Å². The van der Waals surface area contributed by atoms with Crippen molar-refractivity contribution in [2.24, 2.45) is 0 Å². The summed E-state index contributed by atoms with van der Waals surface area (Å²) in [6.45, 7) is 0. The highest BCUT2D eigenvalue weighted by atomic mass is 32.1. The average Bonchev–Trinajstić information content (AvgIpc) is 3.07. The third-order valence-electron chi connectivity index (χ3n) is 4.67. The van der Waals surface area contributed by atoms with Crippen LogP contribution in [0.3, 0.4) is 0 Å². The van der Waals surface area contributed by atoms with E-state index in [4.69, 9.17) is 0 Å². The van der Waals surface area contributed by atoms with Crippen LogP contribution in [0.25, 0.3) is 31.3 Å². The van der Waals surface area contributed by atoms with Gasteiger partial charge in [0.25, 0.3) is 0 Å². The molecule has 2 heteroatoms. The molecule has 1 heterocycles. The first-order valence-electron chi connectivity index (χ1n) is 8.71. The second-order valence-electron chi connectivity index (χ2n) is 6.35. The molecule has 1 aromatic heterocycles. The normalized spacial score (nSPS) is 11.1. The van der Waals surface area contributed by atoms with Crippen LogP contribution in [0.2, 0.25) is 0 Å². The van der Waals surface area contributed by atoms with Crippen LogP contribution in [0.15, 0.2) is 97.1 Å². The number of para-hydroxylation sites is 2. The molecule has 5 aromatic rings. The number of rotatable bonds is 3. The van der Waals surface area contributed by atoms with Gasteiger partial charge in [-0.05, 0) is 35.9 Å². The SMILES string of the molecule is c1ccc(Nc2ccccc2-c2ccc3c(c2)sc2ccccc23)cc1. The largest absolute Gasteiger partial charge is 0.355 e. The molecule has 0 aliphatic carbocycles. The number of nitrogens with one attached hydrogen (secondary N) is 1. The zero-order valence-corrected chi connectivity index (χ0v) is 15.0. The summed E-state index contributed by atoms with van der Waals surface area (Å²) in [5, 5.41) is 6.23. The van der Waals surface area contributed by atoms with Gasteiger partial charge in [0.2, 0.25) is 0 Å². The van der Waals surface area contributed by atoms with Crippen molar-refractivity contribution >= 4 is 42.9 Å². The molecule has 0 saturated heterocycles. The van der Waals surface area contributed by atoms with Crippen molar-refractivity contribution in [3.05, 3.63) is 97.1 Å². The Bertz CT molecular complexity index is 1200. The molecule has 0 unspecified atom stereocenters. The Morgan fingerprint density at radius 1 is 0.577 bits per heavy atom. The number of hydrogen-bond acceptors (Lipinski definition) is 2. The topological polar surface area (TPSA) is 12.0 Å². The molecule has 0 fully saturated rings. The van der Waals surface area contributed by atoms with E-state index in [9.17, 15) is 0 Å². The Morgan fingerprint density at radius 2 is 1.31 bits per heavy atom. The Hall–Kier alpha value is -3.10. The van der Waals surface area contributed by atoms with Crippen molar-refractivity contribution < 1.29 is 0 Å². The number of anilines is 2. The Morgan fingerprint density at radius 3 is 2.23 bits per heavy atom. The molecule has 0 spiro atoms. The summed E-state index contributed by atoms with van der Waals surface area (Å²) in [7, 11) is 0. The molecule has 0 atom stereocenters. The van der Waals surface area contributed by atoms with Gasteiger partial charge in [0.1, 0.15) is 0 Å². The summed E-state index contributed by atoms with van der Waals surface area (Å²) >= 11 is 1.86. The first-order valence-corrected chi connectivity index (χ1v) is 9.53. The second kappa shape index (κ2) is 6.32. The molecule has 5 rings (SSSR count). The third-order valence-corrected chi connectivity index (χ3v) is 5.80. The number of fused-ring (bicyclic) bond motifs is 3. The van der Waals surface area contributed by atoms with E-state index in [-0.39, 0.29) is 0 Å². The molecule has 4 aromatic carbocycles. The van der Waals surface area contributed by atoms with Gasteiger partial charge in [0.05, 0.1) is 0 Å². The smallest absolute Gasteiger partial charge is 0.0463 e. The van der Waals surface area contributed by atoms with Gasteiger partial charge in [-0.15, -0.1) is 11.3 Å². The molecule has 0 bridgehead atoms. The van der Waals surface area contributed by atoms with E-state index < -0.39 is 0 Å². The van der Waals surface area contributed by atoms with Crippen LogP contribution in [0.4, 0.5) is 11.4 Å². The predicted molar refractivity (Wildman–Crippen MR) is 114 cm³/mol. The lowest BCUT2D eigenvalue weighted by atomic mass is 10.0. The first-order chi connectivity index (χ1) is 12.9. The Kier molecular flexibility index (Phi) is 3.69. The van der Waals surface area contributed by atoms with Crippen molar-refractivity contribution in [1.82, 2.24) is 0 Å². The molecule has 0 amide bonds. The second-order valence-corrected chi connectivity index (χ2v) is 7.43. The highest BCUT2D eigenvalue weighted by molar-refractivity contribution is 7.25. The van der Waals surface area contributed by atoms with Crippen molar-refractivity contribution in [3.8, 4) is 11.1 Å². The van der Waals surface area contributed by atoms with Crippen LogP contribution >= 0.6 is 11.3 Å². The van der Waals surface area contributed by atoms with Gasteiger partial charge in [0.15, 0.2) is 0 Å². The van der Waals surface area contributed by atoms with Gasteiger partial charge in [-0.3, -0.25) is 0 Å². The summed E-state index contributed by atoms with van der Waals surface area (Å²) in [5.74, 6) is 0. The monoisotopic (exact) mass is 351 g/mol. The predicted octanol–water partition coefficient (Wildman–Crippen LogP) is 7.47. The summed E-state index contributed by atoms with van der Waals surface area (Å²) < 4.78 is 2.67. The lowest BCUT2D eigenvalue weighted by Gasteiger charge is -2.12. The zero-order chi connectivity index (χ0) is 17.3. The van der Waals surface area contributed by atoms with Crippen LogP contribution < -0.4 is 5.32 Å². The van der Waals surface area contributed by atoms with E-state index in [1.165, 1.54) is 31.3 Å². The van der Waals surface area contributed by atoms with E-state index in [1.807, 2.05) is 29.5 Å². The van der Waals surface area contributed by atoms with E-state index in [0.717, 1.165) is 11.4 Å². The Balaban J connectivity index is 1.62. The maximum atomic E-state index is 3.55.